The highest BCUT2D eigenvalue weighted by Crippen LogP contribution is 2.00. The second-order valence-electron chi connectivity index (χ2n) is 4.54. The quantitative estimate of drug-likeness (QED) is 0.643. The Balaban J connectivity index is 4.10. The molecule has 0 aromatic heterocycles. The van der Waals surface area contributed by atoms with Gasteiger partial charge < -0.3 is 15.2 Å². The number of aliphatic hydroxyl groups is 1. The van der Waals surface area contributed by atoms with Crippen LogP contribution in [0, 0.1) is 0 Å². The van der Waals surface area contributed by atoms with Crippen LogP contribution in [0.4, 0.5) is 0 Å². The van der Waals surface area contributed by atoms with E-state index in [2.05, 4.69) is 5.32 Å². The topological polar surface area (TPSA) is 61.8 Å². The summed E-state index contributed by atoms with van der Waals surface area (Å²) in [5.41, 5.74) is 0. The highest BCUT2D eigenvalue weighted by Gasteiger charge is 2.20. The van der Waals surface area contributed by atoms with Crippen LogP contribution >= 0.6 is 0 Å². The average molecular weight is 246 g/mol. The first-order valence-corrected chi connectivity index (χ1v) is 6.09. The Bertz CT molecular complexity index is 224. The largest absolute Gasteiger partial charge is 0.389 e. The number of carbonyl (C=O) groups excluding carboxylic acids is 1. The first-order chi connectivity index (χ1) is 7.92. The number of hydrogen-bond acceptors (Lipinski definition) is 4. The Hall–Kier alpha value is -0.650. The van der Waals surface area contributed by atoms with Crippen molar-refractivity contribution in [2.24, 2.45) is 0 Å². The molecule has 0 saturated carbocycles. The van der Waals surface area contributed by atoms with Crippen molar-refractivity contribution in [3.63, 3.8) is 0 Å². The van der Waals surface area contributed by atoms with Gasteiger partial charge in [-0.2, -0.15) is 0 Å². The number of rotatable bonds is 8. The van der Waals surface area contributed by atoms with Gasteiger partial charge in [-0.15, -0.1) is 0 Å². The highest BCUT2D eigenvalue weighted by molar-refractivity contribution is 5.81. The number of methoxy groups -OCH3 is 1. The van der Waals surface area contributed by atoms with Gasteiger partial charge in [-0.05, 0) is 27.3 Å². The molecule has 0 fully saturated rings. The molecule has 102 valence electrons. The molecule has 0 aliphatic carbocycles. The maximum Gasteiger partial charge on any atom is 0.237 e. The molecule has 0 rings (SSSR count). The van der Waals surface area contributed by atoms with E-state index in [0.717, 1.165) is 6.42 Å². The molecule has 3 atom stereocenters. The standard InChI is InChI=1S/C12H26N2O3/c1-6-9(2)13-12(16)10(3)14(4)7-11(15)8-17-5/h9-11,15H,6-8H2,1-5H3,(H,13,16). The first kappa shape index (κ1) is 16.4. The van der Waals surface area contributed by atoms with Gasteiger partial charge >= 0.3 is 0 Å². The summed E-state index contributed by atoms with van der Waals surface area (Å²) in [7, 11) is 3.36. The summed E-state index contributed by atoms with van der Waals surface area (Å²) >= 11 is 0. The molecule has 0 aromatic carbocycles. The number of nitrogens with zero attached hydrogens (tertiary/aromatic N) is 1. The van der Waals surface area contributed by atoms with Crippen molar-refractivity contribution in [1.29, 1.82) is 0 Å². The van der Waals surface area contributed by atoms with Gasteiger partial charge in [0.15, 0.2) is 0 Å². The highest BCUT2D eigenvalue weighted by atomic mass is 16.5. The third-order valence-electron chi connectivity index (χ3n) is 2.90. The molecule has 5 heteroatoms. The molecule has 2 N–H and O–H groups in total. The second kappa shape index (κ2) is 8.44. The number of nitrogens with one attached hydrogen (secondary N) is 1. The number of likely N-dealkylation sites (N-methyl/N-ethyl adjacent to an activating group) is 1. The molecule has 1 amide bonds. The summed E-state index contributed by atoms with van der Waals surface area (Å²) in [4.78, 5) is 13.6. The van der Waals surface area contributed by atoms with Crippen molar-refractivity contribution < 1.29 is 14.6 Å². The van der Waals surface area contributed by atoms with Crippen molar-refractivity contribution in [2.45, 2.75) is 45.4 Å². The van der Waals surface area contributed by atoms with Gasteiger partial charge in [0.1, 0.15) is 0 Å². The maximum atomic E-state index is 11.8. The zero-order valence-electron chi connectivity index (χ0n) is 11.6. The van der Waals surface area contributed by atoms with Crippen LogP contribution in [0.1, 0.15) is 27.2 Å². The van der Waals surface area contributed by atoms with Crippen LogP contribution in [-0.2, 0) is 9.53 Å². The summed E-state index contributed by atoms with van der Waals surface area (Å²) in [6.07, 6.45) is 0.345. The molecule has 0 spiro atoms. The first-order valence-electron chi connectivity index (χ1n) is 6.09. The molecule has 0 aromatic rings. The lowest BCUT2D eigenvalue weighted by atomic mass is 10.2. The van der Waals surface area contributed by atoms with Gasteiger partial charge in [0.25, 0.3) is 0 Å². The van der Waals surface area contributed by atoms with Crippen molar-refractivity contribution in [3.05, 3.63) is 0 Å². The SMILES string of the molecule is CCC(C)NC(=O)C(C)N(C)CC(O)COC. The van der Waals surface area contributed by atoms with E-state index in [9.17, 15) is 9.90 Å². The molecule has 0 radical (unpaired) electrons. The predicted octanol–water partition coefficient (Wildman–Crippen LogP) is 0.229. The molecular weight excluding hydrogens is 220 g/mol. The third kappa shape index (κ3) is 6.61. The van der Waals surface area contributed by atoms with Crippen LogP contribution in [0.2, 0.25) is 0 Å². The lowest BCUT2D eigenvalue weighted by Gasteiger charge is -2.27. The Labute approximate surface area is 104 Å². The van der Waals surface area contributed by atoms with E-state index in [1.165, 1.54) is 0 Å². The van der Waals surface area contributed by atoms with Crippen molar-refractivity contribution in [3.8, 4) is 0 Å². The zero-order valence-corrected chi connectivity index (χ0v) is 11.6. The fourth-order valence-electron chi connectivity index (χ4n) is 1.40. The van der Waals surface area contributed by atoms with Crippen molar-refractivity contribution in [2.75, 3.05) is 27.3 Å². The monoisotopic (exact) mass is 246 g/mol. The Morgan fingerprint density at radius 2 is 2.06 bits per heavy atom. The fraction of sp³-hybridized carbons (Fsp3) is 0.917. The number of amides is 1. The van der Waals surface area contributed by atoms with Gasteiger partial charge in [0.2, 0.25) is 5.91 Å². The van der Waals surface area contributed by atoms with Gasteiger partial charge in [-0.1, -0.05) is 6.92 Å². The molecule has 0 aliphatic heterocycles. The Morgan fingerprint density at radius 1 is 1.47 bits per heavy atom. The van der Waals surface area contributed by atoms with E-state index < -0.39 is 6.10 Å². The van der Waals surface area contributed by atoms with Crippen LogP contribution < -0.4 is 5.32 Å². The summed E-state index contributed by atoms with van der Waals surface area (Å²) in [5, 5.41) is 12.5. The zero-order chi connectivity index (χ0) is 13.4. The fourth-order valence-corrected chi connectivity index (χ4v) is 1.40. The number of ether oxygens (including phenoxy) is 1. The van der Waals surface area contributed by atoms with Gasteiger partial charge in [0, 0.05) is 19.7 Å². The normalized spacial score (nSPS) is 16.6. The maximum absolute atomic E-state index is 11.8. The van der Waals surface area contributed by atoms with Crippen LogP contribution in [0.25, 0.3) is 0 Å². The second-order valence-corrected chi connectivity index (χ2v) is 4.54. The van der Waals surface area contributed by atoms with Gasteiger partial charge in [0.05, 0.1) is 18.8 Å². The van der Waals surface area contributed by atoms with Crippen LogP contribution in [0.15, 0.2) is 0 Å². The number of carbonyl (C=O) groups is 1. The number of hydrogen-bond donors (Lipinski definition) is 2. The summed E-state index contributed by atoms with van der Waals surface area (Å²) in [6, 6.07) is -0.0715. The van der Waals surface area contributed by atoms with Gasteiger partial charge in [-0.3, -0.25) is 9.69 Å². The summed E-state index contributed by atoms with van der Waals surface area (Å²) in [6.45, 7) is 6.54. The predicted molar refractivity (Wildman–Crippen MR) is 67.9 cm³/mol. The molecular formula is C12H26N2O3. The van der Waals surface area contributed by atoms with E-state index in [1.807, 2.05) is 32.7 Å². The Morgan fingerprint density at radius 3 is 2.53 bits per heavy atom. The summed E-state index contributed by atoms with van der Waals surface area (Å²) < 4.78 is 4.85. The molecule has 5 nitrogen and oxygen atoms in total. The molecule has 0 bridgehead atoms. The van der Waals surface area contributed by atoms with E-state index >= 15 is 0 Å². The average Bonchev–Trinajstić information content (AvgIpc) is 2.27. The molecule has 0 heterocycles. The Kier molecular flexibility index (Phi) is 8.12. The lowest BCUT2D eigenvalue weighted by molar-refractivity contribution is -0.126. The molecule has 3 unspecified atom stereocenters. The van der Waals surface area contributed by atoms with Crippen molar-refractivity contribution >= 4 is 5.91 Å². The molecule has 0 aliphatic rings. The minimum absolute atomic E-state index is 0.00790. The minimum Gasteiger partial charge on any atom is -0.389 e. The summed E-state index contributed by atoms with van der Waals surface area (Å²) in [5.74, 6) is -0.00790. The van der Waals surface area contributed by atoms with Crippen LogP contribution in [0.3, 0.4) is 0 Å². The van der Waals surface area contributed by atoms with Crippen molar-refractivity contribution in [1.82, 2.24) is 10.2 Å². The number of aliphatic hydroxyl groups excluding tert-OH is 1. The molecule has 17 heavy (non-hydrogen) atoms. The third-order valence-corrected chi connectivity index (χ3v) is 2.90. The minimum atomic E-state index is -0.566. The van der Waals surface area contributed by atoms with E-state index in [1.54, 1.807) is 7.11 Å². The van der Waals surface area contributed by atoms with E-state index in [-0.39, 0.29) is 24.6 Å². The van der Waals surface area contributed by atoms with E-state index in [4.69, 9.17) is 4.74 Å². The van der Waals surface area contributed by atoms with Crippen LogP contribution in [0.5, 0.6) is 0 Å². The van der Waals surface area contributed by atoms with E-state index in [0.29, 0.717) is 6.54 Å². The smallest absolute Gasteiger partial charge is 0.237 e. The molecule has 0 saturated heterocycles. The van der Waals surface area contributed by atoms with Gasteiger partial charge in [-0.25, -0.2) is 0 Å². The lowest BCUT2D eigenvalue weighted by Crippen LogP contribution is -2.48. The van der Waals surface area contributed by atoms with Crippen LogP contribution in [-0.4, -0.2) is 61.4 Å².